The van der Waals surface area contributed by atoms with Crippen molar-refractivity contribution in [3.63, 3.8) is 0 Å². The summed E-state index contributed by atoms with van der Waals surface area (Å²) in [6, 6.07) is 14.5. The first-order valence-corrected chi connectivity index (χ1v) is 13.4. The lowest BCUT2D eigenvalue weighted by atomic mass is 9.94. The zero-order valence-electron chi connectivity index (χ0n) is 25.3. The van der Waals surface area contributed by atoms with Crippen molar-refractivity contribution in [1.82, 2.24) is 15.3 Å². The molecule has 1 amide bonds. The van der Waals surface area contributed by atoms with Crippen molar-refractivity contribution in [1.29, 1.82) is 0 Å². The fourth-order valence-corrected chi connectivity index (χ4v) is 4.46. The lowest BCUT2D eigenvalue weighted by molar-refractivity contribution is 0.0523. The molecule has 0 radical (unpaired) electrons. The highest BCUT2D eigenvalue weighted by molar-refractivity contribution is 6.08. The van der Waals surface area contributed by atoms with Crippen molar-refractivity contribution in [2.24, 2.45) is 0 Å². The van der Waals surface area contributed by atoms with Gasteiger partial charge in [-0.3, -0.25) is 4.98 Å². The highest BCUT2D eigenvalue weighted by Crippen LogP contribution is 2.44. The number of benzene rings is 2. The quantitative estimate of drug-likeness (QED) is 0.230. The summed E-state index contributed by atoms with van der Waals surface area (Å²) in [6.45, 7) is 5.52. The van der Waals surface area contributed by atoms with E-state index < -0.39 is 17.7 Å². The highest BCUT2D eigenvalue weighted by Gasteiger charge is 2.25. The van der Waals surface area contributed by atoms with Gasteiger partial charge in [0.2, 0.25) is 5.75 Å². The van der Waals surface area contributed by atoms with Gasteiger partial charge in [-0.05, 0) is 74.2 Å². The van der Waals surface area contributed by atoms with Crippen molar-refractivity contribution in [3.05, 3.63) is 71.8 Å². The zero-order chi connectivity index (χ0) is 31.1. The molecule has 0 spiro atoms. The Morgan fingerprint density at radius 3 is 2.19 bits per heavy atom. The molecule has 0 aliphatic rings. The van der Waals surface area contributed by atoms with Gasteiger partial charge in [-0.15, -0.1) is 0 Å². The topological polar surface area (TPSA) is 127 Å². The largest absolute Gasteiger partial charge is 0.493 e. The molecule has 0 fully saturated rings. The minimum absolute atomic E-state index is 0.0331. The van der Waals surface area contributed by atoms with E-state index in [1.54, 1.807) is 51.2 Å². The Hall–Kier alpha value is -5.06. The molecule has 1 N–H and O–H groups in total. The van der Waals surface area contributed by atoms with Crippen molar-refractivity contribution in [2.45, 2.75) is 39.5 Å². The molecule has 2 aromatic heterocycles. The molecule has 11 heteroatoms. The van der Waals surface area contributed by atoms with Gasteiger partial charge in [-0.2, -0.15) is 0 Å². The Morgan fingerprint density at radius 2 is 1.60 bits per heavy atom. The van der Waals surface area contributed by atoms with Crippen LogP contribution in [-0.4, -0.2) is 56.1 Å². The molecular formula is C32H35N3O8. The smallest absolute Gasteiger partial charge is 0.407 e. The molecule has 11 nitrogen and oxygen atoms in total. The van der Waals surface area contributed by atoms with E-state index in [4.69, 9.17) is 33.4 Å². The molecule has 0 saturated carbocycles. The van der Waals surface area contributed by atoms with Gasteiger partial charge in [-0.25, -0.2) is 14.6 Å². The van der Waals surface area contributed by atoms with E-state index in [-0.39, 0.29) is 18.8 Å². The fraction of sp³-hybridized carbons (Fsp3) is 0.312. The van der Waals surface area contributed by atoms with E-state index in [9.17, 15) is 9.59 Å². The maximum atomic E-state index is 13.2. The molecule has 0 bridgehead atoms. The van der Waals surface area contributed by atoms with Crippen molar-refractivity contribution in [3.8, 4) is 34.1 Å². The zero-order valence-corrected chi connectivity index (χ0v) is 25.3. The molecule has 2 aromatic carbocycles. The first-order chi connectivity index (χ1) is 20.6. The average molecular weight is 590 g/mol. The van der Waals surface area contributed by atoms with Gasteiger partial charge in [-0.1, -0.05) is 6.07 Å². The molecular weight excluding hydrogens is 554 g/mol. The number of alkyl carbamates (subject to hydrolysis) is 1. The predicted molar refractivity (Wildman–Crippen MR) is 160 cm³/mol. The molecule has 4 rings (SSSR count). The number of carbonyl (C=O) groups excluding carboxylic acids is 2. The van der Waals surface area contributed by atoms with E-state index in [1.165, 1.54) is 28.4 Å². The molecule has 0 saturated heterocycles. The van der Waals surface area contributed by atoms with Gasteiger partial charge in [0, 0.05) is 17.1 Å². The number of rotatable bonds is 10. The standard InChI is InChI=1S/C32H35N3O8/c1-32(2,3)43-31(37)34-17-24-23-16-21(42-18-20-10-8-9-13-33-20)11-12-22(23)27(28(35-24)30(36)41-7)19-14-25(38-4)29(40-6)26(15-19)39-5/h8-16H,17-18H2,1-7H3,(H,34,37). The van der Waals surface area contributed by atoms with Crippen LogP contribution in [0.15, 0.2) is 54.7 Å². The van der Waals surface area contributed by atoms with Crippen molar-refractivity contribution >= 4 is 22.8 Å². The molecule has 4 aromatic rings. The van der Waals surface area contributed by atoms with Gasteiger partial charge >= 0.3 is 12.1 Å². The number of pyridine rings is 2. The average Bonchev–Trinajstić information content (AvgIpc) is 3.00. The molecule has 0 aliphatic carbocycles. The third-order valence-corrected chi connectivity index (χ3v) is 6.30. The first-order valence-electron chi connectivity index (χ1n) is 13.4. The van der Waals surface area contributed by atoms with Gasteiger partial charge in [0.15, 0.2) is 17.2 Å². The Morgan fingerprint density at radius 1 is 0.884 bits per heavy atom. The summed E-state index contributed by atoms with van der Waals surface area (Å²) in [6.07, 6.45) is 1.07. The van der Waals surface area contributed by atoms with Crippen LogP contribution in [0.3, 0.4) is 0 Å². The van der Waals surface area contributed by atoms with Gasteiger partial charge in [0.25, 0.3) is 0 Å². The Labute approximate surface area is 250 Å². The summed E-state index contributed by atoms with van der Waals surface area (Å²) in [5.41, 5.74) is 1.54. The van der Waals surface area contributed by atoms with Gasteiger partial charge in [0.05, 0.1) is 46.4 Å². The minimum atomic E-state index is -0.695. The summed E-state index contributed by atoms with van der Waals surface area (Å²) >= 11 is 0. The maximum absolute atomic E-state index is 13.2. The van der Waals surface area contributed by atoms with E-state index >= 15 is 0 Å². The number of nitrogens with one attached hydrogen (secondary N) is 1. The van der Waals surface area contributed by atoms with Crippen LogP contribution in [0.25, 0.3) is 21.9 Å². The van der Waals surface area contributed by atoms with E-state index in [2.05, 4.69) is 10.3 Å². The van der Waals surface area contributed by atoms with Crippen LogP contribution in [0, 0.1) is 0 Å². The number of aromatic nitrogens is 2. The third kappa shape index (κ3) is 7.24. The van der Waals surface area contributed by atoms with Crippen LogP contribution >= 0.6 is 0 Å². The molecule has 0 atom stereocenters. The van der Waals surface area contributed by atoms with Gasteiger partial charge in [0.1, 0.15) is 18.0 Å². The number of amides is 1. The number of hydrogen-bond acceptors (Lipinski definition) is 10. The minimum Gasteiger partial charge on any atom is -0.493 e. The second-order valence-corrected chi connectivity index (χ2v) is 10.4. The van der Waals surface area contributed by atoms with Crippen LogP contribution in [0.1, 0.15) is 42.6 Å². The highest BCUT2D eigenvalue weighted by atomic mass is 16.6. The summed E-state index contributed by atoms with van der Waals surface area (Å²) in [5.74, 6) is 1.06. The first kappa shape index (κ1) is 30.9. The lowest BCUT2D eigenvalue weighted by Gasteiger charge is -2.21. The van der Waals surface area contributed by atoms with Crippen LogP contribution in [0.4, 0.5) is 4.79 Å². The number of esters is 1. The fourth-order valence-electron chi connectivity index (χ4n) is 4.46. The van der Waals surface area contributed by atoms with Crippen LogP contribution < -0.4 is 24.3 Å². The summed E-state index contributed by atoms with van der Waals surface area (Å²) in [7, 11) is 5.81. The predicted octanol–water partition coefficient (Wildman–Crippen LogP) is 5.71. The molecule has 2 heterocycles. The second kappa shape index (κ2) is 13.3. The molecule has 226 valence electrons. The number of ether oxygens (including phenoxy) is 6. The third-order valence-electron chi connectivity index (χ3n) is 6.30. The molecule has 43 heavy (non-hydrogen) atoms. The number of fused-ring (bicyclic) bond motifs is 1. The SMILES string of the molecule is COC(=O)c1nc(CNC(=O)OC(C)(C)C)c2cc(OCc3ccccn3)ccc2c1-c1cc(OC)c(OC)c(OC)c1. The van der Waals surface area contributed by atoms with Crippen molar-refractivity contribution in [2.75, 3.05) is 28.4 Å². The molecule has 0 aliphatic heterocycles. The van der Waals surface area contributed by atoms with Crippen LogP contribution in [0.5, 0.6) is 23.0 Å². The summed E-state index contributed by atoms with van der Waals surface area (Å²) in [5, 5.41) is 4.02. The maximum Gasteiger partial charge on any atom is 0.407 e. The normalized spacial score (nSPS) is 11.0. The van der Waals surface area contributed by atoms with Crippen LogP contribution in [-0.2, 0) is 22.6 Å². The number of carbonyl (C=O) groups is 2. The summed E-state index contributed by atoms with van der Waals surface area (Å²) in [4.78, 5) is 34.7. The second-order valence-electron chi connectivity index (χ2n) is 10.4. The van der Waals surface area contributed by atoms with Gasteiger partial charge < -0.3 is 33.7 Å². The van der Waals surface area contributed by atoms with E-state index in [1.807, 2.05) is 24.3 Å². The number of hydrogen-bond donors (Lipinski definition) is 1. The number of methoxy groups -OCH3 is 4. The Balaban J connectivity index is 1.91. The number of nitrogens with zero attached hydrogens (tertiary/aromatic N) is 2. The van der Waals surface area contributed by atoms with E-state index in [0.717, 1.165) is 5.69 Å². The summed E-state index contributed by atoms with van der Waals surface area (Å²) < 4.78 is 33.2. The Bertz CT molecular complexity index is 1590. The van der Waals surface area contributed by atoms with Crippen molar-refractivity contribution < 1.29 is 38.0 Å². The van der Waals surface area contributed by atoms with Crippen LogP contribution in [0.2, 0.25) is 0 Å². The monoisotopic (exact) mass is 589 g/mol. The molecule has 0 unspecified atom stereocenters. The lowest BCUT2D eigenvalue weighted by Crippen LogP contribution is -2.32. The van der Waals surface area contributed by atoms with E-state index in [0.29, 0.717) is 50.6 Å². The Kier molecular flexibility index (Phi) is 9.54.